The number of hydrogen-bond donors (Lipinski definition) is 1. The van der Waals surface area contributed by atoms with E-state index in [1.807, 2.05) is 31.2 Å². The number of hydrogen-bond acceptors (Lipinski definition) is 2. The Labute approximate surface area is 82.4 Å². The number of Topliss-reactive ketones (excluding diaryl/α,β-unsaturated/α-hetero) is 1. The minimum atomic E-state index is -1.07. The molecule has 3 nitrogen and oxygen atoms in total. The molecule has 14 heavy (non-hydrogen) atoms. The molecule has 0 aliphatic carbocycles. The maximum atomic E-state index is 11.2. The van der Waals surface area contributed by atoms with Crippen LogP contribution in [0.1, 0.15) is 17.5 Å². The topological polar surface area (TPSA) is 54.4 Å². The number of ketones is 1. The Morgan fingerprint density at radius 2 is 1.93 bits per heavy atom. The average molecular weight is 192 g/mol. The molecule has 0 aromatic heterocycles. The smallest absolute Gasteiger partial charge is 0.310 e. The lowest BCUT2D eigenvalue weighted by Crippen LogP contribution is -2.09. The highest BCUT2D eigenvalue weighted by molar-refractivity contribution is 5.95. The summed E-state index contributed by atoms with van der Waals surface area (Å²) in [5.41, 5.74) is 1.92. The molecule has 0 amide bonds. The highest BCUT2D eigenvalue weighted by atomic mass is 16.4. The van der Waals surface area contributed by atoms with Crippen molar-refractivity contribution in [2.24, 2.45) is 0 Å². The molecule has 0 atom stereocenters. The van der Waals surface area contributed by atoms with Crippen molar-refractivity contribution in [3.8, 4) is 0 Å². The molecule has 0 fully saturated rings. The molecule has 0 radical (unpaired) electrons. The van der Waals surface area contributed by atoms with Gasteiger partial charge in [0.1, 0.15) is 12.2 Å². The summed E-state index contributed by atoms with van der Waals surface area (Å²) in [5.74, 6) is -1.32. The van der Waals surface area contributed by atoms with Crippen LogP contribution in [0.5, 0.6) is 0 Å². The first kappa shape index (κ1) is 10.4. The fraction of sp³-hybridized carbons (Fsp3) is 0.273. The largest absolute Gasteiger partial charge is 0.481 e. The number of carboxylic acid groups (broad SMARTS) is 1. The summed E-state index contributed by atoms with van der Waals surface area (Å²) in [6.45, 7) is 1.91. The van der Waals surface area contributed by atoms with Crippen molar-refractivity contribution in [3.63, 3.8) is 0 Å². The predicted molar refractivity (Wildman–Crippen MR) is 52.1 cm³/mol. The third-order valence-electron chi connectivity index (χ3n) is 2.00. The van der Waals surface area contributed by atoms with Crippen molar-refractivity contribution in [1.29, 1.82) is 0 Å². The van der Waals surface area contributed by atoms with Gasteiger partial charge in [0.15, 0.2) is 0 Å². The van der Waals surface area contributed by atoms with Crippen molar-refractivity contribution in [3.05, 3.63) is 35.4 Å². The van der Waals surface area contributed by atoms with Gasteiger partial charge in [-0.25, -0.2) is 0 Å². The number of rotatable bonds is 4. The van der Waals surface area contributed by atoms with Crippen molar-refractivity contribution in [1.82, 2.24) is 0 Å². The third kappa shape index (κ3) is 3.01. The van der Waals surface area contributed by atoms with E-state index in [9.17, 15) is 9.59 Å². The molecule has 0 aliphatic heterocycles. The summed E-state index contributed by atoms with van der Waals surface area (Å²) in [4.78, 5) is 21.5. The number of carbonyl (C=O) groups excluding carboxylic acids is 1. The van der Waals surface area contributed by atoms with Gasteiger partial charge in [0.05, 0.1) is 0 Å². The van der Waals surface area contributed by atoms with E-state index in [4.69, 9.17) is 5.11 Å². The van der Waals surface area contributed by atoms with Gasteiger partial charge in [-0.15, -0.1) is 0 Å². The summed E-state index contributed by atoms with van der Waals surface area (Å²) in [6.07, 6.45) is -0.187. The molecule has 0 unspecified atom stereocenters. The molecule has 0 bridgehead atoms. The lowest BCUT2D eigenvalue weighted by Gasteiger charge is -2.02. The second-order valence-electron chi connectivity index (χ2n) is 3.21. The summed E-state index contributed by atoms with van der Waals surface area (Å²) in [7, 11) is 0. The van der Waals surface area contributed by atoms with E-state index in [-0.39, 0.29) is 12.2 Å². The normalized spacial score (nSPS) is 9.79. The quantitative estimate of drug-likeness (QED) is 0.737. The molecule has 0 saturated heterocycles. The van der Waals surface area contributed by atoms with Crippen molar-refractivity contribution in [2.45, 2.75) is 19.8 Å². The van der Waals surface area contributed by atoms with Gasteiger partial charge in [0.25, 0.3) is 0 Å². The molecule has 1 N–H and O–H groups in total. The Morgan fingerprint density at radius 1 is 1.29 bits per heavy atom. The van der Waals surface area contributed by atoms with Gasteiger partial charge in [0.2, 0.25) is 0 Å². The SMILES string of the molecule is Cc1ccccc1CC(=O)CC(=O)O. The molecule has 0 aliphatic rings. The maximum Gasteiger partial charge on any atom is 0.310 e. The van der Waals surface area contributed by atoms with Gasteiger partial charge in [-0.2, -0.15) is 0 Å². The van der Waals surface area contributed by atoms with Crippen LogP contribution in [0.2, 0.25) is 0 Å². The van der Waals surface area contributed by atoms with Crippen LogP contribution in [-0.2, 0) is 16.0 Å². The highest BCUT2D eigenvalue weighted by Crippen LogP contribution is 2.08. The highest BCUT2D eigenvalue weighted by Gasteiger charge is 2.09. The van der Waals surface area contributed by atoms with Crippen LogP contribution in [0.4, 0.5) is 0 Å². The maximum absolute atomic E-state index is 11.2. The van der Waals surface area contributed by atoms with E-state index >= 15 is 0 Å². The summed E-state index contributed by atoms with van der Waals surface area (Å²) in [6, 6.07) is 7.48. The Bertz CT molecular complexity index is 355. The van der Waals surface area contributed by atoms with Crippen LogP contribution in [-0.4, -0.2) is 16.9 Å². The van der Waals surface area contributed by atoms with Gasteiger partial charge in [-0.3, -0.25) is 9.59 Å². The Kier molecular flexibility index (Phi) is 3.40. The average Bonchev–Trinajstić information content (AvgIpc) is 2.07. The van der Waals surface area contributed by atoms with Gasteiger partial charge < -0.3 is 5.11 Å². The number of carboxylic acids is 1. The number of benzene rings is 1. The standard InChI is InChI=1S/C11H12O3/c1-8-4-2-3-5-9(8)6-10(12)7-11(13)14/h2-5H,6-7H2,1H3,(H,13,14). The number of aliphatic carboxylic acids is 1. The molecule has 74 valence electrons. The minimum Gasteiger partial charge on any atom is -0.481 e. The minimum absolute atomic E-state index is 0.207. The molecule has 0 heterocycles. The molecule has 0 spiro atoms. The lowest BCUT2D eigenvalue weighted by molar-refractivity contribution is -0.140. The first-order chi connectivity index (χ1) is 6.59. The van der Waals surface area contributed by atoms with E-state index in [1.54, 1.807) is 0 Å². The fourth-order valence-corrected chi connectivity index (χ4v) is 1.25. The Balaban J connectivity index is 2.65. The van der Waals surface area contributed by atoms with E-state index < -0.39 is 12.4 Å². The molecular formula is C11H12O3. The fourth-order valence-electron chi connectivity index (χ4n) is 1.25. The summed E-state index contributed by atoms with van der Waals surface area (Å²) in [5, 5.41) is 8.41. The first-order valence-electron chi connectivity index (χ1n) is 4.37. The zero-order valence-electron chi connectivity index (χ0n) is 7.99. The monoisotopic (exact) mass is 192 g/mol. The van der Waals surface area contributed by atoms with E-state index in [1.165, 1.54) is 0 Å². The van der Waals surface area contributed by atoms with Crippen molar-refractivity contribution >= 4 is 11.8 Å². The van der Waals surface area contributed by atoms with E-state index in [0.29, 0.717) is 0 Å². The third-order valence-corrected chi connectivity index (χ3v) is 2.00. The van der Waals surface area contributed by atoms with Gasteiger partial charge >= 0.3 is 5.97 Å². The Morgan fingerprint density at radius 3 is 2.50 bits per heavy atom. The van der Waals surface area contributed by atoms with Crippen LogP contribution >= 0.6 is 0 Å². The summed E-state index contributed by atoms with van der Waals surface area (Å²) < 4.78 is 0. The molecule has 1 rings (SSSR count). The van der Waals surface area contributed by atoms with Gasteiger partial charge in [-0.05, 0) is 18.1 Å². The zero-order chi connectivity index (χ0) is 10.6. The number of aryl methyl sites for hydroxylation is 1. The molecule has 0 saturated carbocycles. The number of carbonyl (C=O) groups is 2. The zero-order valence-corrected chi connectivity index (χ0v) is 7.99. The lowest BCUT2D eigenvalue weighted by atomic mass is 10.0. The van der Waals surface area contributed by atoms with Crippen molar-refractivity contribution < 1.29 is 14.7 Å². The van der Waals surface area contributed by atoms with E-state index in [2.05, 4.69) is 0 Å². The molecular weight excluding hydrogens is 180 g/mol. The Hall–Kier alpha value is -1.64. The van der Waals surface area contributed by atoms with Crippen LogP contribution in [0.15, 0.2) is 24.3 Å². The molecule has 3 heteroatoms. The van der Waals surface area contributed by atoms with Crippen LogP contribution < -0.4 is 0 Å². The molecule has 1 aromatic rings. The second kappa shape index (κ2) is 4.56. The van der Waals surface area contributed by atoms with Crippen molar-refractivity contribution in [2.75, 3.05) is 0 Å². The summed E-state index contributed by atoms with van der Waals surface area (Å²) >= 11 is 0. The van der Waals surface area contributed by atoms with Crippen LogP contribution in [0, 0.1) is 6.92 Å². The van der Waals surface area contributed by atoms with E-state index in [0.717, 1.165) is 11.1 Å². The van der Waals surface area contributed by atoms with Crippen LogP contribution in [0.25, 0.3) is 0 Å². The second-order valence-corrected chi connectivity index (χ2v) is 3.21. The molecule has 1 aromatic carbocycles. The van der Waals surface area contributed by atoms with Crippen LogP contribution in [0.3, 0.4) is 0 Å². The first-order valence-corrected chi connectivity index (χ1v) is 4.37. The predicted octanol–water partition coefficient (Wildman–Crippen LogP) is 1.58. The van der Waals surface area contributed by atoms with Gasteiger partial charge in [-0.1, -0.05) is 24.3 Å². The van der Waals surface area contributed by atoms with Gasteiger partial charge in [0, 0.05) is 6.42 Å².